The second-order valence-electron chi connectivity index (χ2n) is 4.65. The Morgan fingerprint density at radius 3 is 2.87 bits per heavy atom. The predicted octanol–water partition coefficient (Wildman–Crippen LogP) is 0.0518. The summed E-state index contributed by atoms with van der Waals surface area (Å²) >= 11 is 4.71. The quantitative estimate of drug-likeness (QED) is 0.579. The number of carbonyl (C=O) groups is 1. The maximum atomic E-state index is 12.3. The van der Waals surface area contributed by atoms with E-state index in [0.717, 1.165) is 4.57 Å². The first-order valence-electron chi connectivity index (χ1n) is 6.57. The fourth-order valence-corrected chi connectivity index (χ4v) is 2.19. The Hall–Kier alpha value is -3.01. The summed E-state index contributed by atoms with van der Waals surface area (Å²) in [6.07, 6.45) is 0. The molecule has 0 saturated carbocycles. The molecule has 0 bridgehead atoms. The molecule has 0 aliphatic rings. The van der Waals surface area contributed by atoms with Crippen molar-refractivity contribution in [2.24, 2.45) is 0 Å². The molecule has 2 heterocycles. The van der Waals surface area contributed by atoms with Gasteiger partial charge in [0.25, 0.3) is 10.4 Å². The van der Waals surface area contributed by atoms with E-state index in [4.69, 9.17) is 16.6 Å². The van der Waals surface area contributed by atoms with Gasteiger partial charge in [-0.25, -0.2) is 9.89 Å². The van der Waals surface area contributed by atoms with E-state index in [2.05, 4.69) is 20.5 Å². The van der Waals surface area contributed by atoms with Crippen LogP contribution in [0.5, 0.6) is 0 Å². The van der Waals surface area contributed by atoms with Gasteiger partial charge in [-0.3, -0.25) is 14.2 Å². The van der Waals surface area contributed by atoms with Crippen LogP contribution in [0.4, 0.5) is 0 Å². The molecule has 2 aromatic heterocycles. The fourth-order valence-electron chi connectivity index (χ4n) is 2.05. The minimum Gasteiger partial charge on any atom is -0.412 e. The van der Waals surface area contributed by atoms with Crippen molar-refractivity contribution in [1.82, 2.24) is 25.1 Å². The Kier molecular flexibility index (Phi) is 3.89. The molecule has 0 aliphatic carbocycles. The number of aromatic nitrogens is 4. The number of carbonyl (C=O) groups excluding carboxylic acids is 1. The minimum atomic E-state index is -0.652. The van der Waals surface area contributed by atoms with Gasteiger partial charge in [-0.15, -0.1) is 5.10 Å². The summed E-state index contributed by atoms with van der Waals surface area (Å²) < 4.78 is 5.82. The van der Waals surface area contributed by atoms with Gasteiger partial charge in [0, 0.05) is 0 Å². The van der Waals surface area contributed by atoms with Crippen LogP contribution < -0.4 is 16.6 Å². The number of nitrogens with zero attached hydrogens (tertiary/aromatic N) is 2. The number of hydrogen-bond donors (Lipinski definition) is 3. The summed E-state index contributed by atoms with van der Waals surface area (Å²) in [5, 5.41) is 8.96. The van der Waals surface area contributed by atoms with Crippen molar-refractivity contribution < 1.29 is 9.21 Å². The molecule has 3 rings (SSSR count). The molecule has 0 radical (unpaired) electrons. The maximum absolute atomic E-state index is 12.3. The number of nitrogens with one attached hydrogen (secondary N) is 3. The Morgan fingerprint density at radius 2 is 2.13 bits per heavy atom. The molecule has 1 amide bonds. The van der Waals surface area contributed by atoms with Crippen LogP contribution in [0.15, 0.2) is 38.3 Å². The van der Waals surface area contributed by atoms with E-state index in [1.54, 1.807) is 24.3 Å². The van der Waals surface area contributed by atoms with Crippen molar-refractivity contribution in [3.63, 3.8) is 0 Å². The summed E-state index contributed by atoms with van der Waals surface area (Å²) in [6, 6.07) is 6.58. The van der Waals surface area contributed by atoms with Crippen LogP contribution in [0.25, 0.3) is 10.9 Å². The lowest BCUT2D eigenvalue weighted by molar-refractivity contribution is -0.122. The summed E-state index contributed by atoms with van der Waals surface area (Å²) in [5.41, 5.74) is -0.759. The Balaban J connectivity index is 1.81. The van der Waals surface area contributed by atoms with Crippen LogP contribution in [-0.2, 0) is 17.9 Å². The van der Waals surface area contributed by atoms with Gasteiger partial charge in [0.15, 0.2) is 0 Å². The zero-order chi connectivity index (χ0) is 16.4. The van der Waals surface area contributed by atoms with E-state index >= 15 is 0 Å². The van der Waals surface area contributed by atoms with Crippen LogP contribution >= 0.6 is 12.2 Å². The normalized spacial score (nSPS) is 10.8. The highest BCUT2D eigenvalue weighted by atomic mass is 32.1. The molecule has 0 atom stereocenters. The summed E-state index contributed by atoms with van der Waals surface area (Å²) in [5.74, 6) is -0.333. The molecule has 0 spiro atoms. The average Bonchev–Trinajstić information content (AvgIpc) is 2.95. The standard InChI is InChI=1S/C13H11N5O4S/c19-9(14-5-10-16-17-13(23)22-10)6-18-11(20)7-3-1-2-4-8(7)15-12(18)21/h1-4H,5-6H2,(H,14,19)(H,15,21)(H,17,23). The first-order valence-corrected chi connectivity index (χ1v) is 6.98. The molecule has 0 saturated heterocycles. The highest BCUT2D eigenvalue weighted by Crippen LogP contribution is 2.02. The summed E-state index contributed by atoms with van der Waals surface area (Å²) in [4.78, 5) is 38.8. The Morgan fingerprint density at radius 1 is 1.35 bits per heavy atom. The van der Waals surface area contributed by atoms with E-state index in [1.165, 1.54) is 0 Å². The van der Waals surface area contributed by atoms with Crippen molar-refractivity contribution in [2.45, 2.75) is 13.1 Å². The maximum Gasteiger partial charge on any atom is 0.329 e. The van der Waals surface area contributed by atoms with Crippen molar-refractivity contribution in [3.05, 3.63) is 55.8 Å². The van der Waals surface area contributed by atoms with Crippen LogP contribution in [-0.4, -0.2) is 25.7 Å². The lowest BCUT2D eigenvalue weighted by Crippen LogP contribution is -2.40. The number of H-pyrrole nitrogens is 2. The molecule has 1 aromatic carbocycles. The molecule has 9 nitrogen and oxygen atoms in total. The third-order valence-electron chi connectivity index (χ3n) is 3.11. The molecule has 0 unspecified atom stereocenters. The molecule has 3 aromatic rings. The van der Waals surface area contributed by atoms with Crippen LogP contribution in [0.3, 0.4) is 0 Å². The lowest BCUT2D eigenvalue weighted by Gasteiger charge is -2.06. The highest BCUT2D eigenvalue weighted by Gasteiger charge is 2.11. The van der Waals surface area contributed by atoms with Crippen molar-refractivity contribution in [1.29, 1.82) is 0 Å². The monoisotopic (exact) mass is 333 g/mol. The Labute approximate surface area is 133 Å². The SMILES string of the molecule is O=C(Cn1c(=O)[nH]c2ccccc2c1=O)NCc1n[nH]c(=S)o1. The van der Waals surface area contributed by atoms with Gasteiger partial charge in [0.05, 0.1) is 17.4 Å². The number of rotatable bonds is 4. The minimum absolute atomic E-state index is 0.00773. The first kappa shape index (κ1) is 14.9. The highest BCUT2D eigenvalue weighted by molar-refractivity contribution is 7.71. The molecule has 10 heteroatoms. The number of hydrogen-bond acceptors (Lipinski definition) is 6. The van der Waals surface area contributed by atoms with Gasteiger partial charge in [-0.2, -0.15) is 0 Å². The van der Waals surface area contributed by atoms with Crippen LogP contribution in [0, 0.1) is 4.84 Å². The van der Waals surface area contributed by atoms with E-state index in [-0.39, 0.29) is 17.3 Å². The summed E-state index contributed by atoms with van der Waals surface area (Å²) in [7, 11) is 0. The lowest BCUT2D eigenvalue weighted by atomic mass is 10.2. The topological polar surface area (TPSA) is 126 Å². The van der Waals surface area contributed by atoms with Gasteiger partial charge in [0.2, 0.25) is 11.8 Å². The smallest absolute Gasteiger partial charge is 0.329 e. The molecule has 23 heavy (non-hydrogen) atoms. The molecular weight excluding hydrogens is 322 g/mol. The van der Waals surface area contributed by atoms with E-state index < -0.39 is 23.7 Å². The van der Waals surface area contributed by atoms with E-state index in [1.807, 2.05) is 0 Å². The van der Waals surface area contributed by atoms with Gasteiger partial charge < -0.3 is 14.7 Å². The number of benzene rings is 1. The van der Waals surface area contributed by atoms with Crippen molar-refractivity contribution >= 4 is 29.0 Å². The molecule has 0 aliphatic heterocycles. The molecule has 3 N–H and O–H groups in total. The third-order valence-corrected chi connectivity index (χ3v) is 3.28. The van der Waals surface area contributed by atoms with Crippen molar-refractivity contribution in [3.8, 4) is 0 Å². The molecule has 0 fully saturated rings. The van der Waals surface area contributed by atoms with E-state index in [9.17, 15) is 14.4 Å². The largest absolute Gasteiger partial charge is 0.412 e. The molecular formula is C13H11N5O4S. The molecule has 118 valence electrons. The van der Waals surface area contributed by atoms with Gasteiger partial charge in [-0.1, -0.05) is 12.1 Å². The Bertz CT molecular complexity index is 1040. The van der Waals surface area contributed by atoms with Gasteiger partial charge in [0.1, 0.15) is 6.54 Å². The van der Waals surface area contributed by atoms with Crippen molar-refractivity contribution in [2.75, 3.05) is 0 Å². The van der Waals surface area contributed by atoms with Crippen LogP contribution in [0.1, 0.15) is 5.89 Å². The number of amides is 1. The second-order valence-corrected chi connectivity index (χ2v) is 5.02. The van der Waals surface area contributed by atoms with Crippen LogP contribution in [0.2, 0.25) is 0 Å². The zero-order valence-electron chi connectivity index (χ0n) is 11.7. The van der Waals surface area contributed by atoms with Gasteiger partial charge >= 0.3 is 5.69 Å². The number of fused-ring (bicyclic) bond motifs is 1. The number of para-hydroxylation sites is 1. The van der Waals surface area contributed by atoms with Gasteiger partial charge in [-0.05, 0) is 24.4 Å². The average molecular weight is 333 g/mol. The summed E-state index contributed by atoms with van der Waals surface area (Å²) in [6.45, 7) is -0.420. The predicted molar refractivity (Wildman–Crippen MR) is 82.4 cm³/mol. The first-order chi connectivity index (χ1) is 11.0. The fraction of sp³-hybridized carbons (Fsp3) is 0.154. The second kappa shape index (κ2) is 6.01. The van der Waals surface area contributed by atoms with E-state index in [0.29, 0.717) is 10.9 Å². The zero-order valence-corrected chi connectivity index (χ0v) is 12.5. The number of aromatic amines is 2. The third kappa shape index (κ3) is 3.11.